The smallest absolute Gasteiger partial charge is 0.218 e. The Balaban J connectivity index is 2.14. The van der Waals surface area contributed by atoms with Gasteiger partial charge in [-0.1, -0.05) is 23.7 Å². The van der Waals surface area contributed by atoms with Crippen LogP contribution in [0.4, 0.5) is 0 Å². The molecule has 0 N–H and O–H groups in total. The van der Waals surface area contributed by atoms with Gasteiger partial charge < -0.3 is 4.74 Å². The van der Waals surface area contributed by atoms with Crippen molar-refractivity contribution in [2.45, 2.75) is 12.3 Å². The minimum atomic E-state index is -3.42. The Morgan fingerprint density at radius 2 is 1.91 bits per heavy atom. The number of ether oxygens (including phenoxy) is 1. The second kappa shape index (κ2) is 8.08. The first-order valence-corrected chi connectivity index (χ1v) is 9.66. The van der Waals surface area contributed by atoms with Gasteiger partial charge in [0.25, 0.3) is 0 Å². The van der Waals surface area contributed by atoms with Crippen molar-refractivity contribution in [2.75, 3.05) is 20.3 Å². The number of hydrogen-bond acceptors (Lipinski definition) is 4. The highest BCUT2D eigenvalue weighted by Crippen LogP contribution is 2.17. The number of hydrogen-bond donors (Lipinski definition) is 0. The molecular formula is C15H18ClNO3S2. The van der Waals surface area contributed by atoms with E-state index in [9.17, 15) is 8.42 Å². The van der Waals surface area contributed by atoms with Gasteiger partial charge >= 0.3 is 0 Å². The Hall–Kier alpha value is -0.920. The first-order valence-electron chi connectivity index (χ1n) is 6.73. The van der Waals surface area contributed by atoms with Crippen molar-refractivity contribution in [3.05, 3.63) is 57.2 Å². The van der Waals surface area contributed by atoms with E-state index in [1.165, 1.54) is 4.31 Å². The van der Waals surface area contributed by atoms with Crippen LogP contribution in [-0.4, -0.2) is 33.0 Å². The van der Waals surface area contributed by atoms with Crippen LogP contribution in [0.1, 0.15) is 11.1 Å². The fraction of sp³-hybridized carbons (Fsp3) is 0.333. The van der Waals surface area contributed by atoms with Crippen molar-refractivity contribution in [1.82, 2.24) is 4.31 Å². The minimum Gasteiger partial charge on any atom is -0.383 e. The van der Waals surface area contributed by atoms with Crippen LogP contribution < -0.4 is 0 Å². The molecule has 0 bridgehead atoms. The third-order valence-corrected chi connectivity index (χ3v) is 5.92. The first-order chi connectivity index (χ1) is 10.5. The van der Waals surface area contributed by atoms with Crippen molar-refractivity contribution in [3.63, 3.8) is 0 Å². The lowest BCUT2D eigenvalue weighted by atomic mass is 10.2. The molecule has 0 aliphatic carbocycles. The van der Waals surface area contributed by atoms with E-state index in [2.05, 4.69) is 0 Å². The predicted molar refractivity (Wildman–Crippen MR) is 90.7 cm³/mol. The number of sulfonamides is 1. The summed E-state index contributed by atoms with van der Waals surface area (Å²) in [5, 5.41) is 4.49. The summed E-state index contributed by atoms with van der Waals surface area (Å²) in [5.74, 6) is -0.0436. The SMILES string of the molecule is COCCN(Cc1ccsc1)S(=O)(=O)Cc1ccc(Cl)cc1. The molecule has 0 fully saturated rings. The fourth-order valence-electron chi connectivity index (χ4n) is 1.98. The summed E-state index contributed by atoms with van der Waals surface area (Å²) in [5.41, 5.74) is 1.71. The van der Waals surface area contributed by atoms with Gasteiger partial charge in [-0.3, -0.25) is 0 Å². The maximum absolute atomic E-state index is 12.7. The Labute approximate surface area is 140 Å². The van der Waals surface area contributed by atoms with Crippen LogP contribution in [0, 0.1) is 0 Å². The second-order valence-electron chi connectivity index (χ2n) is 4.84. The van der Waals surface area contributed by atoms with Gasteiger partial charge in [-0.25, -0.2) is 8.42 Å². The fourth-order valence-corrected chi connectivity index (χ4v) is 4.26. The minimum absolute atomic E-state index is 0.0436. The molecule has 1 heterocycles. The average Bonchev–Trinajstić information content (AvgIpc) is 2.98. The van der Waals surface area contributed by atoms with E-state index in [1.54, 1.807) is 42.7 Å². The number of benzene rings is 1. The number of rotatable bonds is 8. The summed E-state index contributed by atoms with van der Waals surface area (Å²) in [6.45, 7) is 1.06. The summed E-state index contributed by atoms with van der Waals surface area (Å²) >= 11 is 7.39. The third kappa shape index (κ3) is 5.07. The molecule has 0 aliphatic rings. The molecule has 1 aromatic heterocycles. The second-order valence-corrected chi connectivity index (χ2v) is 8.03. The molecule has 2 rings (SSSR count). The molecular weight excluding hydrogens is 342 g/mol. The Morgan fingerprint density at radius 3 is 2.50 bits per heavy atom. The highest BCUT2D eigenvalue weighted by atomic mass is 35.5. The van der Waals surface area contributed by atoms with Gasteiger partial charge in [0.1, 0.15) is 0 Å². The molecule has 1 aromatic carbocycles. The van der Waals surface area contributed by atoms with Gasteiger partial charge in [0.05, 0.1) is 12.4 Å². The molecule has 22 heavy (non-hydrogen) atoms. The van der Waals surface area contributed by atoms with Crippen LogP contribution in [0.15, 0.2) is 41.1 Å². The van der Waals surface area contributed by atoms with Crippen molar-refractivity contribution in [1.29, 1.82) is 0 Å². The first kappa shape index (κ1) is 17.4. The topological polar surface area (TPSA) is 46.6 Å². The number of methoxy groups -OCH3 is 1. The van der Waals surface area contributed by atoms with E-state index in [4.69, 9.17) is 16.3 Å². The lowest BCUT2D eigenvalue weighted by molar-refractivity contribution is 0.177. The molecule has 0 saturated heterocycles. The monoisotopic (exact) mass is 359 g/mol. The molecule has 0 unspecified atom stereocenters. The summed E-state index contributed by atoms with van der Waals surface area (Å²) in [6.07, 6.45) is 0. The zero-order valence-corrected chi connectivity index (χ0v) is 14.6. The molecule has 0 radical (unpaired) electrons. The van der Waals surface area contributed by atoms with Crippen LogP contribution in [0.3, 0.4) is 0 Å². The summed E-state index contributed by atoms with van der Waals surface area (Å²) in [6, 6.07) is 8.80. The van der Waals surface area contributed by atoms with E-state index < -0.39 is 10.0 Å². The maximum Gasteiger partial charge on any atom is 0.218 e. The Morgan fingerprint density at radius 1 is 1.18 bits per heavy atom. The molecule has 0 saturated carbocycles. The van der Waals surface area contributed by atoms with Crippen LogP contribution in [0.5, 0.6) is 0 Å². The van der Waals surface area contributed by atoms with E-state index in [0.717, 1.165) is 11.1 Å². The van der Waals surface area contributed by atoms with Crippen LogP contribution >= 0.6 is 22.9 Å². The Bertz CT molecular complexity index is 669. The van der Waals surface area contributed by atoms with E-state index >= 15 is 0 Å². The van der Waals surface area contributed by atoms with Crippen molar-refractivity contribution in [2.24, 2.45) is 0 Å². The van der Waals surface area contributed by atoms with E-state index in [-0.39, 0.29) is 5.75 Å². The molecule has 2 aromatic rings. The zero-order chi connectivity index (χ0) is 16.0. The van der Waals surface area contributed by atoms with Crippen LogP contribution in [-0.2, 0) is 27.1 Å². The predicted octanol–water partition coefficient (Wildman–Crippen LogP) is 3.38. The van der Waals surface area contributed by atoms with Gasteiger partial charge in [0.2, 0.25) is 10.0 Å². The number of halogens is 1. The van der Waals surface area contributed by atoms with Crippen molar-refractivity contribution >= 4 is 33.0 Å². The highest BCUT2D eigenvalue weighted by Gasteiger charge is 2.22. The Kier molecular flexibility index (Phi) is 6.40. The molecule has 0 atom stereocenters. The number of nitrogens with zero attached hydrogens (tertiary/aromatic N) is 1. The largest absolute Gasteiger partial charge is 0.383 e. The normalized spacial score (nSPS) is 12.0. The standard InChI is InChI=1S/C15H18ClNO3S2/c1-20-8-7-17(10-14-6-9-21-11-14)22(18,19)12-13-2-4-15(16)5-3-13/h2-6,9,11H,7-8,10,12H2,1H3. The zero-order valence-electron chi connectivity index (χ0n) is 12.2. The number of thiophene rings is 1. The molecule has 0 spiro atoms. The molecule has 4 nitrogen and oxygen atoms in total. The molecule has 120 valence electrons. The summed E-state index contributed by atoms with van der Waals surface area (Å²) < 4.78 is 31.8. The lowest BCUT2D eigenvalue weighted by Crippen LogP contribution is -2.34. The van der Waals surface area contributed by atoms with E-state index in [0.29, 0.717) is 24.7 Å². The van der Waals surface area contributed by atoms with Gasteiger partial charge in [0, 0.05) is 25.2 Å². The van der Waals surface area contributed by atoms with Gasteiger partial charge in [-0.15, -0.1) is 0 Å². The third-order valence-electron chi connectivity index (χ3n) is 3.14. The van der Waals surface area contributed by atoms with Gasteiger partial charge in [-0.05, 0) is 40.1 Å². The van der Waals surface area contributed by atoms with Crippen LogP contribution in [0.25, 0.3) is 0 Å². The molecule has 0 amide bonds. The quantitative estimate of drug-likeness (QED) is 0.725. The van der Waals surface area contributed by atoms with Gasteiger partial charge in [0.15, 0.2) is 0 Å². The molecule has 7 heteroatoms. The lowest BCUT2D eigenvalue weighted by Gasteiger charge is -2.21. The highest BCUT2D eigenvalue weighted by molar-refractivity contribution is 7.88. The average molecular weight is 360 g/mol. The molecule has 0 aliphatic heterocycles. The van der Waals surface area contributed by atoms with Crippen molar-refractivity contribution in [3.8, 4) is 0 Å². The van der Waals surface area contributed by atoms with Crippen LogP contribution in [0.2, 0.25) is 5.02 Å². The van der Waals surface area contributed by atoms with Gasteiger partial charge in [-0.2, -0.15) is 15.6 Å². The summed E-state index contributed by atoms with van der Waals surface area (Å²) in [7, 11) is -1.86. The summed E-state index contributed by atoms with van der Waals surface area (Å²) in [4.78, 5) is 0. The maximum atomic E-state index is 12.7. The van der Waals surface area contributed by atoms with Crippen molar-refractivity contribution < 1.29 is 13.2 Å². The van der Waals surface area contributed by atoms with E-state index in [1.807, 2.05) is 16.8 Å².